The highest BCUT2D eigenvalue weighted by atomic mass is 35.5. The van der Waals surface area contributed by atoms with Crippen molar-refractivity contribution in [2.75, 3.05) is 19.8 Å². The molecule has 0 saturated heterocycles. The molecule has 0 radical (unpaired) electrons. The molecule has 0 fully saturated rings. The lowest BCUT2D eigenvalue weighted by atomic mass is 10.1. The molecule has 1 heterocycles. The van der Waals surface area contributed by atoms with Crippen LogP contribution in [0.2, 0.25) is 0 Å². The zero-order valence-electron chi connectivity index (χ0n) is 10.4. The van der Waals surface area contributed by atoms with Gasteiger partial charge in [0, 0.05) is 6.54 Å². The van der Waals surface area contributed by atoms with Crippen molar-refractivity contribution in [2.24, 2.45) is 5.92 Å². The third-order valence-corrected chi connectivity index (χ3v) is 2.49. The van der Waals surface area contributed by atoms with Crippen molar-refractivity contribution in [3.05, 3.63) is 23.8 Å². The summed E-state index contributed by atoms with van der Waals surface area (Å²) in [5.41, 5.74) is 1.24. The van der Waals surface area contributed by atoms with Crippen molar-refractivity contribution < 1.29 is 9.47 Å². The third kappa shape index (κ3) is 4.10. The molecule has 0 aromatic heterocycles. The first-order chi connectivity index (χ1) is 7.75. The van der Waals surface area contributed by atoms with E-state index in [1.165, 1.54) is 5.56 Å². The summed E-state index contributed by atoms with van der Waals surface area (Å²) < 4.78 is 11.0. The number of halogens is 1. The van der Waals surface area contributed by atoms with Crippen LogP contribution >= 0.6 is 12.4 Å². The summed E-state index contributed by atoms with van der Waals surface area (Å²) in [4.78, 5) is 0. The Kier molecular flexibility index (Phi) is 5.59. The Bertz CT molecular complexity index is 355. The fourth-order valence-corrected chi connectivity index (χ4v) is 1.70. The van der Waals surface area contributed by atoms with E-state index >= 15 is 0 Å². The highest BCUT2D eigenvalue weighted by Crippen LogP contribution is 2.30. The Morgan fingerprint density at radius 2 is 1.88 bits per heavy atom. The molecule has 0 atom stereocenters. The minimum atomic E-state index is 0. The Hall–Kier alpha value is -0.930. The van der Waals surface area contributed by atoms with Gasteiger partial charge in [-0.1, -0.05) is 19.9 Å². The first-order valence-corrected chi connectivity index (χ1v) is 5.85. The molecule has 1 aliphatic heterocycles. The third-order valence-electron chi connectivity index (χ3n) is 2.49. The SMILES string of the molecule is CC(C)CNCc1ccc2c(c1)OCCO2.Cl. The molecule has 1 aliphatic rings. The highest BCUT2D eigenvalue weighted by molar-refractivity contribution is 5.85. The van der Waals surface area contributed by atoms with Crippen LogP contribution in [0, 0.1) is 5.92 Å². The van der Waals surface area contributed by atoms with E-state index < -0.39 is 0 Å². The van der Waals surface area contributed by atoms with E-state index in [0.717, 1.165) is 24.6 Å². The van der Waals surface area contributed by atoms with Gasteiger partial charge in [0.05, 0.1) is 0 Å². The van der Waals surface area contributed by atoms with E-state index in [9.17, 15) is 0 Å². The largest absolute Gasteiger partial charge is 0.486 e. The normalized spacial score (nSPS) is 13.4. The summed E-state index contributed by atoms with van der Waals surface area (Å²) in [7, 11) is 0. The van der Waals surface area contributed by atoms with Gasteiger partial charge in [-0.05, 0) is 30.2 Å². The number of hydrogen-bond donors (Lipinski definition) is 1. The van der Waals surface area contributed by atoms with Gasteiger partial charge in [0.15, 0.2) is 11.5 Å². The van der Waals surface area contributed by atoms with E-state index in [1.807, 2.05) is 6.07 Å². The molecule has 3 nitrogen and oxygen atoms in total. The zero-order valence-corrected chi connectivity index (χ0v) is 11.2. The second-order valence-corrected chi connectivity index (χ2v) is 4.50. The second kappa shape index (κ2) is 6.72. The minimum absolute atomic E-state index is 0. The molecule has 0 amide bonds. The Morgan fingerprint density at radius 1 is 1.18 bits per heavy atom. The average Bonchev–Trinajstić information content (AvgIpc) is 2.28. The molecule has 0 bridgehead atoms. The van der Waals surface area contributed by atoms with Crippen LogP contribution in [0.5, 0.6) is 11.5 Å². The molecule has 0 spiro atoms. The van der Waals surface area contributed by atoms with Crippen LogP contribution in [0.15, 0.2) is 18.2 Å². The minimum Gasteiger partial charge on any atom is -0.486 e. The molecular formula is C13H20ClNO2. The number of rotatable bonds is 4. The number of ether oxygens (including phenoxy) is 2. The predicted octanol–water partition coefficient (Wildman–Crippen LogP) is 2.63. The van der Waals surface area contributed by atoms with Crippen LogP contribution in [0.3, 0.4) is 0 Å². The fraction of sp³-hybridized carbons (Fsp3) is 0.538. The first kappa shape index (κ1) is 14.1. The standard InChI is InChI=1S/C13H19NO2.ClH/c1-10(2)8-14-9-11-3-4-12-13(7-11)16-6-5-15-12;/h3-4,7,10,14H,5-6,8-9H2,1-2H3;1H. The van der Waals surface area contributed by atoms with Gasteiger partial charge >= 0.3 is 0 Å². The number of fused-ring (bicyclic) bond motifs is 1. The van der Waals surface area contributed by atoms with Crippen molar-refractivity contribution >= 4 is 12.4 Å². The van der Waals surface area contributed by atoms with Gasteiger partial charge in [0.1, 0.15) is 13.2 Å². The molecule has 1 N–H and O–H groups in total. The van der Waals surface area contributed by atoms with E-state index in [4.69, 9.17) is 9.47 Å². The molecule has 17 heavy (non-hydrogen) atoms. The molecule has 1 aromatic rings. The van der Waals surface area contributed by atoms with Gasteiger partial charge in [-0.25, -0.2) is 0 Å². The molecular weight excluding hydrogens is 238 g/mol. The molecule has 2 rings (SSSR count). The Balaban J connectivity index is 0.00000144. The van der Waals surface area contributed by atoms with Gasteiger partial charge in [-0.2, -0.15) is 0 Å². The van der Waals surface area contributed by atoms with Gasteiger partial charge in [0.25, 0.3) is 0 Å². The summed E-state index contributed by atoms with van der Waals surface area (Å²) in [6.45, 7) is 7.63. The molecule has 0 aliphatic carbocycles. The maximum Gasteiger partial charge on any atom is 0.161 e. The molecule has 4 heteroatoms. The smallest absolute Gasteiger partial charge is 0.161 e. The summed E-state index contributed by atoms with van der Waals surface area (Å²) in [6, 6.07) is 6.13. The van der Waals surface area contributed by atoms with Gasteiger partial charge in [-0.15, -0.1) is 12.4 Å². The highest BCUT2D eigenvalue weighted by Gasteiger charge is 2.11. The summed E-state index contributed by atoms with van der Waals surface area (Å²) >= 11 is 0. The first-order valence-electron chi connectivity index (χ1n) is 5.85. The monoisotopic (exact) mass is 257 g/mol. The summed E-state index contributed by atoms with van der Waals surface area (Å²) in [5, 5.41) is 3.41. The summed E-state index contributed by atoms with van der Waals surface area (Å²) in [5.74, 6) is 2.41. The number of benzene rings is 1. The second-order valence-electron chi connectivity index (χ2n) is 4.50. The van der Waals surface area contributed by atoms with Crippen LogP contribution in [0.4, 0.5) is 0 Å². The van der Waals surface area contributed by atoms with E-state index in [-0.39, 0.29) is 12.4 Å². The van der Waals surface area contributed by atoms with Crippen molar-refractivity contribution in [2.45, 2.75) is 20.4 Å². The maximum absolute atomic E-state index is 5.54. The number of nitrogens with one attached hydrogen (secondary N) is 1. The molecule has 96 valence electrons. The lowest BCUT2D eigenvalue weighted by Crippen LogP contribution is -2.19. The van der Waals surface area contributed by atoms with Crippen LogP contribution in [0.1, 0.15) is 19.4 Å². The Morgan fingerprint density at radius 3 is 2.59 bits per heavy atom. The number of hydrogen-bond acceptors (Lipinski definition) is 3. The van der Waals surface area contributed by atoms with Gasteiger partial charge in [0.2, 0.25) is 0 Å². The quantitative estimate of drug-likeness (QED) is 0.900. The van der Waals surface area contributed by atoms with Crippen LogP contribution in [0.25, 0.3) is 0 Å². The summed E-state index contributed by atoms with van der Waals surface area (Å²) in [6.07, 6.45) is 0. The molecule has 0 saturated carbocycles. The topological polar surface area (TPSA) is 30.5 Å². The van der Waals surface area contributed by atoms with Crippen LogP contribution in [-0.4, -0.2) is 19.8 Å². The molecule has 1 aromatic carbocycles. The van der Waals surface area contributed by atoms with Gasteiger partial charge in [-0.3, -0.25) is 0 Å². The lowest BCUT2D eigenvalue weighted by Gasteiger charge is -2.19. The molecule has 0 unspecified atom stereocenters. The van der Waals surface area contributed by atoms with Crippen molar-refractivity contribution in [3.63, 3.8) is 0 Å². The van der Waals surface area contributed by atoms with Crippen LogP contribution in [-0.2, 0) is 6.54 Å². The van der Waals surface area contributed by atoms with E-state index in [1.54, 1.807) is 0 Å². The van der Waals surface area contributed by atoms with Crippen molar-refractivity contribution in [1.82, 2.24) is 5.32 Å². The van der Waals surface area contributed by atoms with Crippen molar-refractivity contribution in [3.8, 4) is 11.5 Å². The van der Waals surface area contributed by atoms with E-state index in [2.05, 4.69) is 31.3 Å². The Labute approximate surface area is 109 Å². The lowest BCUT2D eigenvalue weighted by molar-refractivity contribution is 0.171. The van der Waals surface area contributed by atoms with Crippen molar-refractivity contribution in [1.29, 1.82) is 0 Å². The zero-order chi connectivity index (χ0) is 11.4. The average molecular weight is 258 g/mol. The predicted molar refractivity (Wildman–Crippen MR) is 71.2 cm³/mol. The van der Waals surface area contributed by atoms with Gasteiger partial charge < -0.3 is 14.8 Å². The van der Waals surface area contributed by atoms with E-state index in [0.29, 0.717) is 19.1 Å². The maximum atomic E-state index is 5.54. The fourth-order valence-electron chi connectivity index (χ4n) is 1.70. The van der Waals surface area contributed by atoms with Crippen LogP contribution < -0.4 is 14.8 Å².